The summed E-state index contributed by atoms with van der Waals surface area (Å²) in [6, 6.07) is 10.4. The lowest BCUT2D eigenvalue weighted by molar-refractivity contribution is -0.137. The number of hydrogen-bond donors (Lipinski definition) is 0. The number of benzene rings is 2. The van der Waals surface area contributed by atoms with Gasteiger partial charge in [0.25, 0.3) is 5.56 Å². The molecule has 0 atom stereocenters. The molecule has 2 heterocycles. The van der Waals surface area contributed by atoms with Crippen molar-refractivity contribution in [3.63, 3.8) is 0 Å². The Balaban J connectivity index is 2.06. The molecule has 2 aromatic heterocycles. The molecule has 0 aliphatic rings. The molecule has 0 bridgehead atoms. The highest BCUT2D eigenvalue weighted by atomic mass is 19.4. The topological polar surface area (TPSA) is 83.2 Å². The van der Waals surface area contributed by atoms with E-state index in [9.17, 15) is 27.6 Å². The largest absolute Gasteiger partial charge is 0.416 e. The Morgan fingerprint density at radius 2 is 1.74 bits per heavy atom. The molecule has 0 saturated heterocycles. The molecule has 35 heavy (non-hydrogen) atoms. The molecule has 0 aliphatic heterocycles. The van der Waals surface area contributed by atoms with Crippen LogP contribution in [0.3, 0.4) is 0 Å². The van der Waals surface area contributed by atoms with E-state index in [0.29, 0.717) is 17.7 Å². The van der Waals surface area contributed by atoms with Gasteiger partial charge in [0.15, 0.2) is 12.0 Å². The highest BCUT2D eigenvalue weighted by molar-refractivity contribution is 5.87. The van der Waals surface area contributed by atoms with Crippen molar-refractivity contribution in [2.45, 2.75) is 13.1 Å². The van der Waals surface area contributed by atoms with Gasteiger partial charge in [0.2, 0.25) is 0 Å². The van der Waals surface area contributed by atoms with Crippen LogP contribution in [0.1, 0.15) is 21.6 Å². The zero-order chi connectivity index (χ0) is 25.5. The van der Waals surface area contributed by atoms with Crippen molar-refractivity contribution < 1.29 is 18.0 Å². The average Bonchev–Trinajstić information content (AvgIpc) is 3.26. The van der Waals surface area contributed by atoms with Crippen molar-refractivity contribution in [2.75, 3.05) is 0 Å². The highest BCUT2D eigenvalue weighted by Gasteiger charge is 2.31. The fraction of sp³-hybridized carbons (Fsp3) is 0.125. The van der Waals surface area contributed by atoms with Gasteiger partial charge >= 0.3 is 11.9 Å². The second-order valence-corrected chi connectivity index (χ2v) is 7.60. The maximum Gasteiger partial charge on any atom is 0.416 e. The van der Waals surface area contributed by atoms with E-state index in [1.54, 1.807) is 12.1 Å². The average molecular weight is 479 g/mol. The van der Waals surface area contributed by atoms with Crippen LogP contribution in [0.4, 0.5) is 18.9 Å². The molecule has 0 radical (unpaired) electrons. The Kier molecular flexibility index (Phi) is 5.74. The van der Waals surface area contributed by atoms with Gasteiger partial charge in [-0.1, -0.05) is 18.2 Å². The third-order valence-corrected chi connectivity index (χ3v) is 5.51. The van der Waals surface area contributed by atoms with Crippen molar-refractivity contribution in [2.24, 2.45) is 7.05 Å². The molecule has 2 aromatic carbocycles. The van der Waals surface area contributed by atoms with E-state index in [0.717, 1.165) is 27.3 Å². The number of alkyl halides is 3. The van der Waals surface area contributed by atoms with Crippen molar-refractivity contribution >= 4 is 12.0 Å². The summed E-state index contributed by atoms with van der Waals surface area (Å²) in [5.41, 5.74) is -1.83. The summed E-state index contributed by atoms with van der Waals surface area (Å²) in [6.45, 7) is 8.51. The summed E-state index contributed by atoms with van der Waals surface area (Å²) >= 11 is 0. The first-order valence-corrected chi connectivity index (χ1v) is 10.1. The van der Waals surface area contributed by atoms with Gasteiger partial charge in [0, 0.05) is 12.7 Å². The lowest BCUT2D eigenvalue weighted by atomic mass is 10.1. The fourth-order valence-corrected chi connectivity index (χ4v) is 3.77. The number of rotatable bonds is 4. The van der Waals surface area contributed by atoms with Crippen molar-refractivity contribution in [3.05, 3.63) is 104 Å². The Labute approximate surface area is 195 Å². The number of carbonyl (C=O) groups is 1. The van der Waals surface area contributed by atoms with E-state index in [2.05, 4.69) is 9.94 Å². The van der Waals surface area contributed by atoms with Crippen LogP contribution in [0.2, 0.25) is 0 Å². The Bertz CT molecular complexity index is 1620. The normalized spacial score (nSPS) is 11.3. The van der Waals surface area contributed by atoms with Crippen molar-refractivity contribution in [3.8, 4) is 22.6 Å². The summed E-state index contributed by atoms with van der Waals surface area (Å²) in [6.07, 6.45) is -2.91. The van der Waals surface area contributed by atoms with Crippen LogP contribution in [-0.2, 0) is 13.2 Å². The molecule has 0 saturated carbocycles. The van der Waals surface area contributed by atoms with E-state index in [-0.39, 0.29) is 28.2 Å². The van der Waals surface area contributed by atoms with Gasteiger partial charge in [-0.2, -0.15) is 18.3 Å². The van der Waals surface area contributed by atoms with Gasteiger partial charge in [0.1, 0.15) is 0 Å². The molecule has 8 nitrogen and oxygen atoms in total. The standard InChI is InChI=1S/C24H16F3N5O3/c1-14-20(21-15(13-33)12-29-32(21)18-9-7-17(28-2)8-10-18)22(34)30(3)23(35)31(14)19-6-4-5-16(11-19)24(25,26)27/h4-13H,1,3H3. The molecule has 0 spiro atoms. The molecule has 0 fully saturated rings. The lowest BCUT2D eigenvalue weighted by Crippen LogP contribution is -2.40. The first-order valence-electron chi connectivity index (χ1n) is 10.1. The molecule has 0 aliphatic carbocycles. The molecule has 4 rings (SSSR count). The van der Waals surface area contributed by atoms with Crippen LogP contribution < -0.4 is 11.2 Å². The van der Waals surface area contributed by atoms with Crippen LogP contribution >= 0.6 is 0 Å². The summed E-state index contributed by atoms with van der Waals surface area (Å²) < 4.78 is 43.0. The van der Waals surface area contributed by atoms with Gasteiger partial charge in [-0.15, -0.1) is 0 Å². The smallest absolute Gasteiger partial charge is 0.298 e. The van der Waals surface area contributed by atoms with Crippen molar-refractivity contribution in [1.29, 1.82) is 0 Å². The van der Waals surface area contributed by atoms with Gasteiger partial charge < -0.3 is 0 Å². The second kappa shape index (κ2) is 8.57. The van der Waals surface area contributed by atoms with E-state index >= 15 is 0 Å². The molecule has 11 heteroatoms. The van der Waals surface area contributed by atoms with Gasteiger partial charge in [-0.05, 0) is 37.3 Å². The van der Waals surface area contributed by atoms with E-state index < -0.39 is 23.0 Å². The molecular formula is C24H16F3N5O3. The number of halogens is 3. The highest BCUT2D eigenvalue weighted by Crippen LogP contribution is 2.31. The molecule has 0 amide bonds. The van der Waals surface area contributed by atoms with E-state index in [1.165, 1.54) is 43.0 Å². The molecule has 0 unspecified atom stereocenters. The maximum atomic E-state index is 13.3. The Hall–Kier alpha value is -4.72. The third kappa shape index (κ3) is 3.95. The van der Waals surface area contributed by atoms with Gasteiger partial charge in [-0.25, -0.2) is 14.3 Å². The van der Waals surface area contributed by atoms with E-state index in [1.807, 2.05) is 0 Å². The fourth-order valence-electron chi connectivity index (χ4n) is 3.77. The zero-order valence-electron chi connectivity index (χ0n) is 18.4. The minimum absolute atomic E-state index is 0.0278. The molecule has 0 N–H and O–H groups in total. The minimum atomic E-state index is -4.64. The van der Waals surface area contributed by atoms with Crippen LogP contribution in [0.15, 0.2) is 64.3 Å². The molecule has 176 valence electrons. The predicted molar refractivity (Wildman–Crippen MR) is 121 cm³/mol. The van der Waals surface area contributed by atoms with Gasteiger partial charge in [0.05, 0.1) is 46.5 Å². The quantitative estimate of drug-likeness (QED) is 0.326. The minimum Gasteiger partial charge on any atom is -0.298 e. The second-order valence-electron chi connectivity index (χ2n) is 7.60. The summed E-state index contributed by atoms with van der Waals surface area (Å²) in [5.74, 6) is 0. The van der Waals surface area contributed by atoms with E-state index in [4.69, 9.17) is 6.57 Å². The van der Waals surface area contributed by atoms with Crippen LogP contribution in [0, 0.1) is 13.5 Å². The maximum absolute atomic E-state index is 13.3. The number of hydrogen-bond acceptors (Lipinski definition) is 4. The zero-order valence-corrected chi connectivity index (χ0v) is 18.4. The molecular weight excluding hydrogens is 463 g/mol. The summed E-state index contributed by atoms with van der Waals surface area (Å²) in [5, 5.41) is 4.20. The van der Waals surface area contributed by atoms with Crippen molar-refractivity contribution in [1.82, 2.24) is 18.9 Å². The first kappa shape index (κ1) is 23.4. The van der Waals surface area contributed by atoms with Gasteiger partial charge in [-0.3, -0.25) is 18.7 Å². The van der Waals surface area contributed by atoms with Crippen LogP contribution in [0.25, 0.3) is 27.5 Å². The summed E-state index contributed by atoms with van der Waals surface area (Å²) in [4.78, 5) is 41.4. The third-order valence-electron chi connectivity index (χ3n) is 5.51. The number of aromatic nitrogens is 4. The number of aldehydes is 1. The first-order chi connectivity index (χ1) is 16.6. The SMILES string of the molecule is [C-]#[N+]c1ccc(-n2ncc(C=O)c2-c2c(C)n(-c3cccc(C(F)(F)F)c3)c(=O)n(C)c2=O)cc1. The number of nitrogens with zero attached hydrogens (tertiary/aromatic N) is 5. The Morgan fingerprint density at radius 1 is 1.06 bits per heavy atom. The Morgan fingerprint density at radius 3 is 2.34 bits per heavy atom. The number of carbonyl (C=O) groups excluding carboxylic acids is 1. The van der Waals surface area contributed by atoms with Crippen LogP contribution in [0.5, 0.6) is 0 Å². The monoisotopic (exact) mass is 479 g/mol. The lowest BCUT2D eigenvalue weighted by Gasteiger charge is -2.18. The summed E-state index contributed by atoms with van der Waals surface area (Å²) in [7, 11) is 1.20. The molecule has 4 aromatic rings. The van der Waals surface area contributed by atoms with Crippen LogP contribution in [-0.4, -0.2) is 25.2 Å². The predicted octanol–water partition coefficient (Wildman–Crippen LogP) is 4.08.